The summed E-state index contributed by atoms with van der Waals surface area (Å²) >= 11 is 0. The van der Waals surface area contributed by atoms with Crippen LogP contribution < -0.4 is 4.18 Å². The standard InChI is InChI=1S/C9H8F2O3S/c10-9-7(6-4-5-6)2-1-3-8(9)14-15(11,12)13/h1-3,6H,4-5H2. The maximum absolute atomic E-state index is 13.5. The summed E-state index contributed by atoms with van der Waals surface area (Å²) in [5.74, 6) is -1.26. The summed E-state index contributed by atoms with van der Waals surface area (Å²) < 4.78 is 50.0. The van der Waals surface area contributed by atoms with Crippen molar-refractivity contribution in [3.8, 4) is 5.75 Å². The predicted molar refractivity (Wildman–Crippen MR) is 49.0 cm³/mol. The van der Waals surface area contributed by atoms with Crippen molar-refractivity contribution in [1.82, 2.24) is 0 Å². The van der Waals surface area contributed by atoms with Crippen molar-refractivity contribution in [2.24, 2.45) is 0 Å². The lowest BCUT2D eigenvalue weighted by molar-refractivity contribution is 0.421. The van der Waals surface area contributed by atoms with Gasteiger partial charge in [-0.3, -0.25) is 0 Å². The molecule has 0 aromatic heterocycles. The van der Waals surface area contributed by atoms with E-state index in [1.54, 1.807) is 6.07 Å². The van der Waals surface area contributed by atoms with Crippen LogP contribution in [0, 0.1) is 5.82 Å². The summed E-state index contributed by atoms with van der Waals surface area (Å²) in [6.45, 7) is 0. The first-order valence-electron chi connectivity index (χ1n) is 4.40. The minimum Gasteiger partial charge on any atom is -0.355 e. The molecule has 0 amide bonds. The van der Waals surface area contributed by atoms with Gasteiger partial charge in [0.1, 0.15) is 0 Å². The molecule has 1 saturated carbocycles. The van der Waals surface area contributed by atoms with Gasteiger partial charge in [-0.25, -0.2) is 4.39 Å². The lowest BCUT2D eigenvalue weighted by atomic mass is 10.1. The van der Waals surface area contributed by atoms with E-state index >= 15 is 0 Å². The summed E-state index contributed by atoms with van der Waals surface area (Å²) in [7, 11) is -5.16. The molecule has 0 heterocycles. The predicted octanol–water partition coefficient (Wildman–Crippen LogP) is 2.30. The minimum atomic E-state index is -5.16. The first kappa shape index (κ1) is 10.4. The Bertz CT molecular complexity index is 480. The van der Waals surface area contributed by atoms with Crippen molar-refractivity contribution in [2.45, 2.75) is 18.8 Å². The van der Waals surface area contributed by atoms with Crippen molar-refractivity contribution in [3.05, 3.63) is 29.6 Å². The highest BCUT2D eigenvalue weighted by Gasteiger charge is 2.28. The second kappa shape index (κ2) is 3.44. The van der Waals surface area contributed by atoms with E-state index in [0.29, 0.717) is 5.56 Å². The number of halogens is 2. The van der Waals surface area contributed by atoms with E-state index in [2.05, 4.69) is 4.18 Å². The molecular formula is C9H8F2O3S. The second-order valence-corrected chi connectivity index (χ2v) is 4.36. The van der Waals surface area contributed by atoms with Gasteiger partial charge in [-0.2, -0.15) is 8.42 Å². The van der Waals surface area contributed by atoms with Crippen molar-refractivity contribution in [3.63, 3.8) is 0 Å². The Morgan fingerprint density at radius 2 is 2.00 bits per heavy atom. The largest absolute Gasteiger partial charge is 0.488 e. The number of benzene rings is 1. The summed E-state index contributed by atoms with van der Waals surface area (Å²) in [4.78, 5) is 0. The summed E-state index contributed by atoms with van der Waals surface area (Å²) in [5, 5.41) is 0. The molecule has 6 heteroatoms. The Balaban J connectivity index is 2.35. The molecule has 1 aromatic carbocycles. The maximum Gasteiger partial charge on any atom is 0.488 e. The highest BCUT2D eigenvalue weighted by atomic mass is 32.3. The third-order valence-electron chi connectivity index (χ3n) is 2.20. The van der Waals surface area contributed by atoms with Crippen molar-refractivity contribution in [2.75, 3.05) is 0 Å². The highest BCUT2D eigenvalue weighted by molar-refractivity contribution is 7.81. The number of rotatable bonds is 3. The molecule has 2 rings (SSSR count). The number of hydrogen-bond donors (Lipinski definition) is 0. The van der Waals surface area contributed by atoms with Crippen LogP contribution in [0.4, 0.5) is 8.28 Å². The SMILES string of the molecule is O=S(=O)(F)Oc1cccc(C2CC2)c1F. The normalized spacial score (nSPS) is 16.4. The van der Waals surface area contributed by atoms with E-state index in [0.717, 1.165) is 18.9 Å². The zero-order valence-corrected chi connectivity index (χ0v) is 8.43. The van der Waals surface area contributed by atoms with Crippen LogP contribution >= 0.6 is 0 Å². The molecule has 15 heavy (non-hydrogen) atoms. The molecule has 1 aliphatic rings. The summed E-state index contributed by atoms with van der Waals surface area (Å²) in [6.07, 6.45) is 1.73. The van der Waals surface area contributed by atoms with Crippen molar-refractivity contribution in [1.29, 1.82) is 0 Å². The van der Waals surface area contributed by atoms with Gasteiger partial charge in [0.25, 0.3) is 0 Å². The zero-order valence-electron chi connectivity index (χ0n) is 7.61. The Labute approximate surface area is 86.1 Å². The van der Waals surface area contributed by atoms with Gasteiger partial charge in [0, 0.05) is 0 Å². The molecule has 0 unspecified atom stereocenters. The van der Waals surface area contributed by atoms with Crippen LogP contribution in [0.2, 0.25) is 0 Å². The van der Waals surface area contributed by atoms with E-state index < -0.39 is 22.1 Å². The lowest BCUT2D eigenvalue weighted by Crippen LogP contribution is -2.04. The number of hydrogen-bond acceptors (Lipinski definition) is 3. The molecule has 1 aliphatic carbocycles. The molecule has 1 fully saturated rings. The van der Waals surface area contributed by atoms with Gasteiger partial charge in [-0.15, -0.1) is 0 Å². The minimum absolute atomic E-state index is 0.107. The first-order chi connectivity index (χ1) is 6.97. The van der Waals surface area contributed by atoms with Crippen LogP contribution in [0.3, 0.4) is 0 Å². The van der Waals surface area contributed by atoms with Gasteiger partial charge < -0.3 is 4.18 Å². The van der Waals surface area contributed by atoms with E-state index in [9.17, 15) is 16.7 Å². The van der Waals surface area contributed by atoms with E-state index in [4.69, 9.17) is 0 Å². The van der Waals surface area contributed by atoms with E-state index in [1.165, 1.54) is 6.07 Å². The van der Waals surface area contributed by atoms with Crippen LogP contribution in [0.1, 0.15) is 24.3 Å². The molecule has 0 atom stereocenters. The van der Waals surface area contributed by atoms with Crippen LogP contribution in [-0.4, -0.2) is 8.42 Å². The smallest absolute Gasteiger partial charge is 0.355 e. The molecule has 0 saturated heterocycles. The lowest BCUT2D eigenvalue weighted by Gasteiger charge is -2.05. The van der Waals surface area contributed by atoms with Crippen molar-refractivity contribution < 1.29 is 20.9 Å². The van der Waals surface area contributed by atoms with E-state index in [-0.39, 0.29) is 5.92 Å². The van der Waals surface area contributed by atoms with Gasteiger partial charge in [-0.05, 0) is 30.4 Å². The fourth-order valence-corrected chi connectivity index (χ4v) is 1.75. The molecule has 0 N–H and O–H groups in total. The third-order valence-corrected chi connectivity index (χ3v) is 2.58. The Hall–Kier alpha value is -1.17. The first-order valence-corrected chi connectivity index (χ1v) is 5.71. The van der Waals surface area contributed by atoms with Gasteiger partial charge in [0.05, 0.1) is 0 Å². The Morgan fingerprint density at radius 3 is 2.53 bits per heavy atom. The van der Waals surface area contributed by atoms with Crippen LogP contribution in [0.15, 0.2) is 18.2 Å². The average molecular weight is 234 g/mol. The molecular weight excluding hydrogens is 226 g/mol. The quantitative estimate of drug-likeness (QED) is 0.753. The second-order valence-electron chi connectivity index (χ2n) is 3.41. The maximum atomic E-state index is 13.5. The Kier molecular flexibility index (Phi) is 2.38. The summed E-state index contributed by atoms with van der Waals surface area (Å²) in [5.41, 5.74) is 0.385. The average Bonchev–Trinajstić information content (AvgIpc) is 2.89. The zero-order chi connectivity index (χ0) is 11.1. The topological polar surface area (TPSA) is 43.4 Å². The third kappa shape index (κ3) is 2.44. The fourth-order valence-electron chi connectivity index (χ4n) is 1.41. The molecule has 0 bridgehead atoms. The van der Waals surface area contributed by atoms with E-state index in [1.807, 2.05) is 0 Å². The van der Waals surface area contributed by atoms with Crippen LogP contribution in [-0.2, 0) is 10.5 Å². The van der Waals surface area contributed by atoms with Crippen LogP contribution in [0.25, 0.3) is 0 Å². The molecule has 0 spiro atoms. The summed E-state index contributed by atoms with van der Waals surface area (Å²) in [6, 6.07) is 4.07. The van der Waals surface area contributed by atoms with Gasteiger partial charge in [0.2, 0.25) is 0 Å². The molecule has 0 radical (unpaired) electrons. The fraction of sp³-hybridized carbons (Fsp3) is 0.333. The Morgan fingerprint density at radius 1 is 1.33 bits per heavy atom. The molecule has 0 aliphatic heterocycles. The van der Waals surface area contributed by atoms with Gasteiger partial charge in [0.15, 0.2) is 11.6 Å². The van der Waals surface area contributed by atoms with Gasteiger partial charge >= 0.3 is 10.5 Å². The van der Waals surface area contributed by atoms with Gasteiger partial charge in [-0.1, -0.05) is 16.0 Å². The van der Waals surface area contributed by atoms with Crippen molar-refractivity contribution >= 4 is 10.5 Å². The van der Waals surface area contributed by atoms with Crippen LogP contribution in [0.5, 0.6) is 5.75 Å². The molecule has 1 aromatic rings. The monoisotopic (exact) mass is 234 g/mol. The molecule has 3 nitrogen and oxygen atoms in total. The molecule has 82 valence electrons. The highest BCUT2D eigenvalue weighted by Crippen LogP contribution is 2.42.